The smallest absolute Gasteiger partial charge is 0.262 e. The topological polar surface area (TPSA) is 94.3 Å². The second-order valence-corrected chi connectivity index (χ2v) is 9.05. The third kappa shape index (κ3) is 3.50. The molecule has 27 heavy (non-hydrogen) atoms. The highest BCUT2D eigenvalue weighted by Gasteiger charge is 2.28. The Morgan fingerprint density at radius 3 is 2.70 bits per heavy atom. The average molecular weight is 406 g/mol. The van der Waals surface area contributed by atoms with Gasteiger partial charge >= 0.3 is 0 Å². The molecule has 4 rings (SSSR count). The van der Waals surface area contributed by atoms with E-state index in [1.807, 2.05) is 19.1 Å². The van der Waals surface area contributed by atoms with Gasteiger partial charge in [-0.2, -0.15) is 4.98 Å². The third-order valence-electron chi connectivity index (χ3n) is 4.43. The van der Waals surface area contributed by atoms with Gasteiger partial charge in [0.2, 0.25) is 0 Å². The minimum atomic E-state index is -3.73. The van der Waals surface area contributed by atoms with E-state index in [1.165, 1.54) is 11.3 Å². The Hall–Kier alpha value is -2.23. The molecule has 1 aliphatic rings. The largest absolute Gasteiger partial charge is 0.376 e. The molecule has 1 N–H and O–H groups in total. The highest BCUT2D eigenvalue weighted by Crippen LogP contribution is 2.43. The number of hydrogen-bond acceptors (Lipinski definition) is 7. The van der Waals surface area contributed by atoms with E-state index >= 15 is 0 Å². The number of ether oxygens (including phenoxy) is 1. The van der Waals surface area contributed by atoms with Crippen LogP contribution in [0, 0.1) is 6.92 Å². The monoisotopic (exact) mass is 405 g/mol. The van der Waals surface area contributed by atoms with E-state index in [0.717, 1.165) is 22.4 Å². The van der Waals surface area contributed by atoms with E-state index in [9.17, 15) is 8.42 Å². The van der Waals surface area contributed by atoms with Crippen molar-refractivity contribution in [1.82, 2.24) is 10.1 Å². The van der Waals surface area contributed by atoms with E-state index in [0.29, 0.717) is 41.9 Å². The molecule has 0 unspecified atom stereocenters. The molecule has 0 bridgehead atoms. The minimum Gasteiger partial charge on any atom is -0.376 e. The van der Waals surface area contributed by atoms with Gasteiger partial charge in [0, 0.05) is 4.88 Å². The number of aryl methyl sites for hydroxylation is 2. The first kappa shape index (κ1) is 18.1. The Bertz CT molecular complexity index is 1070. The molecule has 3 aromatic rings. The number of thiophene rings is 1. The highest BCUT2D eigenvalue weighted by molar-refractivity contribution is 7.93. The molecule has 1 aliphatic heterocycles. The Morgan fingerprint density at radius 1 is 1.26 bits per heavy atom. The molecule has 3 heterocycles. The second kappa shape index (κ2) is 7.06. The molecule has 2 aromatic heterocycles. The van der Waals surface area contributed by atoms with Gasteiger partial charge in [0.25, 0.3) is 15.9 Å². The van der Waals surface area contributed by atoms with Crippen molar-refractivity contribution in [3.8, 4) is 11.5 Å². The maximum atomic E-state index is 12.9. The normalized spacial score (nSPS) is 14.1. The van der Waals surface area contributed by atoms with Crippen LogP contribution in [0.2, 0.25) is 0 Å². The molecule has 142 valence electrons. The van der Waals surface area contributed by atoms with E-state index in [-0.39, 0.29) is 4.90 Å². The van der Waals surface area contributed by atoms with Crippen LogP contribution in [0.4, 0.5) is 5.00 Å². The standard InChI is InChI=1S/C18H19N3O4S2/c1-3-12-4-6-13(7-5-12)27(22,23)21-18-16(17-19-11(2)20-25-17)14-8-9-24-10-15(14)26-18/h4-7,21H,3,8-10H2,1-2H3. The molecule has 0 atom stereocenters. The molecule has 9 heteroatoms. The molecule has 0 aliphatic carbocycles. The lowest BCUT2D eigenvalue weighted by molar-refractivity contribution is 0.113. The van der Waals surface area contributed by atoms with Gasteiger partial charge in [0.05, 0.1) is 23.7 Å². The van der Waals surface area contributed by atoms with Crippen molar-refractivity contribution in [3.63, 3.8) is 0 Å². The first-order chi connectivity index (χ1) is 13.0. The summed E-state index contributed by atoms with van der Waals surface area (Å²) < 4.78 is 39.4. The number of anilines is 1. The Labute approximate surface area is 161 Å². The summed E-state index contributed by atoms with van der Waals surface area (Å²) in [5.74, 6) is 0.826. The zero-order valence-electron chi connectivity index (χ0n) is 15.0. The fraction of sp³-hybridized carbons (Fsp3) is 0.333. The molecule has 0 fully saturated rings. The van der Waals surface area contributed by atoms with Crippen LogP contribution in [-0.2, 0) is 34.2 Å². The second-order valence-electron chi connectivity index (χ2n) is 6.26. The first-order valence-corrected chi connectivity index (χ1v) is 10.9. The van der Waals surface area contributed by atoms with Crippen LogP contribution >= 0.6 is 11.3 Å². The molecule has 1 aromatic carbocycles. The van der Waals surface area contributed by atoms with E-state index < -0.39 is 10.0 Å². The summed E-state index contributed by atoms with van der Waals surface area (Å²) in [5.41, 5.74) is 2.75. The lowest BCUT2D eigenvalue weighted by Gasteiger charge is -2.12. The number of sulfonamides is 1. The summed E-state index contributed by atoms with van der Waals surface area (Å²) in [5, 5.41) is 4.33. The fourth-order valence-corrected chi connectivity index (χ4v) is 5.50. The van der Waals surface area contributed by atoms with Gasteiger partial charge in [0.1, 0.15) is 5.00 Å². The molecule has 0 amide bonds. The van der Waals surface area contributed by atoms with Crippen LogP contribution in [-0.4, -0.2) is 25.2 Å². The van der Waals surface area contributed by atoms with Gasteiger partial charge in [-0.05, 0) is 43.0 Å². The van der Waals surface area contributed by atoms with E-state index in [2.05, 4.69) is 14.9 Å². The summed E-state index contributed by atoms with van der Waals surface area (Å²) in [6.45, 7) is 4.79. The lowest BCUT2D eigenvalue weighted by atomic mass is 10.1. The number of benzene rings is 1. The summed E-state index contributed by atoms with van der Waals surface area (Å²) in [6, 6.07) is 6.89. The molecule has 0 saturated carbocycles. The molecule has 0 spiro atoms. The predicted molar refractivity (Wildman–Crippen MR) is 102 cm³/mol. The number of nitrogens with one attached hydrogen (secondary N) is 1. The van der Waals surface area contributed by atoms with E-state index in [4.69, 9.17) is 9.26 Å². The molecule has 0 radical (unpaired) electrons. The summed E-state index contributed by atoms with van der Waals surface area (Å²) in [6.07, 6.45) is 1.53. The summed E-state index contributed by atoms with van der Waals surface area (Å²) in [7, 11) is -3.73. The Morgan fingerprint density at radius 2 is 2.04 bits per heavy atom. The minimum absolute atomic E-state index is 0.218. The van der Waals surface area contributed by atoms with Crippen molar-refractivity contribution < 1.29 is 17.7 Å². The van der Waals surface area contributed by atoms with Gasteiger partial charge in [-0.3, -0.25) is 4.72 Å². The molecular weight excluding hydrogens is 386 g/mol. The maximum absolute atomic E-state index is 12.9. The summed E-state index contributed by atoms with van der Waals surface area (Å²) >= 11 is 1.35. The fourth-order valence-electron chi connectivity index (χ4n) is 3.01. The number of rotatable bonds is 5. The number of aromatic nitrogens is 2. The van der Waals surface area contributed by atoms with Crippen molar-refractivity contribution >= 4 is 26.4 Å². The highest BCUT2D eigenvalue weighted by atomic mass is 32.2. The van der Waals surface area contributed by atoms with Crippen LogP contribution in [0.25, 0.3) is 11.5 Å². The van der Waals surface area contributed by atoms with Gasteiger partial charge in [0.15, 0.2) is 5.82 Å². The van der Waals surface area contributed by atoms with Gasteiger partial charge in [-0.1, -0.05) is 24.2 Å². The van der Waals surface area contributed by atoms with Gasteiger partial charge < -0.3 is 9.26 Å². The van der Waals surface area contributed by atoms with Crippen molar-refractivity contribution in [2.24, 2.45) is 0 Å². The first-order valence-electron chi connectivity index (χ1n) is 8.62. The molecule has 7 nitrogen and oxygen atoms in total. The van der Waals surface area contributed by atoms with Crippen molar-refractivity contribution in [2.75, 3.05) is 11.3 Å². The average Bonchev–Trinajstić information content (AvgIpc) is 3.24. The summed E-state index contributed by atoms with van der Waals surface area (Å²) in [4.78, 5) is 5.50. The van der Waals surface area contributed by atoms with Crippen molar-refractivity contribution in [1.29, 1.82) is 0 Å². The Balaban J connectivity index is 1.75. The molecule has 0 saturated heterocycles. The Kier molecular flexibility index (Phi) is 4.75. The quantitative estimate of drug-likeness (QED) is 0.698. The number of fused-ring (bicyclic) bond motifs is 1. The number of nitrogens with zero attached hydrogens (tertiary/aromatic N) is 2. The van der Waals surface area contributed by atoms with Crippen LogP contribution in [0.15, 0.2) is 33.7 Å². The zero-order valence-corrected chi connectivity index (χ0v) is 16.6. The van der Waals surface area contributed by atoms with E-state index in [1.54, 1.807) is 19.1 Å². The lowest BCUT2D eigenvalue weighted by Crippen LogP contribution is -2.13. The van der Waals surface area contributed by atoms with Crippen LogP contribution < -0.4 is 4.72 Å². The maximum Gasteiger partial charge on any atom is 0.262 e. The van der Waals surface area contributed by atoms with Gasteiger partial charge in [-0.15, -0.1) is 11.3 Å². The molecular formula is C18H19N3O4S2. The SMILES string of the molecule is CCc1ccc(S(=O)(=O)Nc2sc3c(c2-c2nc(C)no2)CCOC3)cc1. The zero-order chi connectivity index (χ0) is 19.0. The predicted octanol–water partition coefficient (Wildman–Crippen LogP) is 3.54. The van der Waals surface area contributed by atoms with Crippen LogP contribution in [0.3, 0.4) is 0 Å². The number of hydrogen-bond donors (Lipinski definition) is 1. The van der Waals surface area contributed by atoms with Crippen molar-refractivity contribution in [3.05, 3.63) is 46.1 Å². The van der Waals surface area contributed by atoms with Crippen LogP contribution in [0.1, 0.15) is 28.8 Å². The van der Waals surface area contributed by atoms with Crippen LogP contribution in [0.5, 0.6) is 0 Å². The third-order valence-corrected chi connectivity index (χ3v) is 7.05. The van der Waals surface area contributed by atoms with Crippen molar-refractivity contribution in [2.45, 2.75) is 38.2 Å². The van der Waals surface area contributed by atoms with Gasteiger partial charge in [-0.25, -0.2) is 8.42 Å².